The average Bonchev–Trinajstić information content (AvgIpc) is 2.55. The van der Waals surface area contributed by atoms with E-state index in [1.54, 1.807) is 13.8 Å². The Labute approximate surface area is 147 Å². The molecule has 1 aromatic rings. The second-order valence-electron chi connectivity index (χ2n) is 5.42. The number of benzene rings is 1. The van der Waals surface area contributed by atoms with Crippen molar-refractivity contribution in [2.24, 2.45) is 0 Å². The van der Waals surface area contributed by atoms with Gasteiger partial charge in [0.1, 0.15) is 17.1 Å². The molecule has 0 saturated heterocycles. The average molecular weight is 380 g/mol. The number of hydrogen-bond acceptors (Lipinski definition) is 3. The lowest BCUT2D eigenvalue weighted by atomic mass is 10.1. The summed E-state index contributed by atoms with van der Waals surface area (Å²) in [7, 11) is 1.23. The molecule has 1 atom stereocenters. The smallest absolute Gasteiger partial charge is 0.425 e. The molecule has 146 valence electrons. The number of carbonyl (C=O) groups is 2. The van der Waals surface area contributed by atoms with E-state index in [1.807, 2.05) is 0 Å². The summed E-state index contributed by atoms with van der Waals surface area (Å²) in [4.78, 5) is 25.8. The number of amides is 2. The molecule has 1 aromatic carbocycles. The third-order valence-corrected chi connectivity index (χ3v) is 3.73. The minimum absolute atomic E-state index is 0.336. The molecule has 2 amide bonds. The van der Waals surface area contributed by atoms with Gasteiger partial charge in [-0.15, -0.1) is 0 Å². The highest BCUT2D eigenvalue weighted by Crippen LogP contribution is 2.32. The van der Waals surface area contributed by atoms with Crippen molar-refractivity contribution in [3.05, 3.63) is 23.5 Å². The van der Waals surface area contributed by atoms with Crippen molar-refractivity contribution in [1.82, 2.24) is 4.90 Å². The fourth-order valence-corrected chi connectivity index (χ4v) is 2.13. The molecule has 0 aliphatic carbocycles. The summed E-state index contributed by atoms with van der Waals surface area (Å²) < 4.78 is 57.1. The van der Waals surface area contributed by atoms with Crippen LogP contribution in [0, 0.1) is 5.82 Å². The second-order valence-corrected chi connectivity index (χ2v) is 5.42. The van der Waals surface area contributed by atoms with Gasteiger partial charge in [-0.05, 0) is 26.8 Å². The maximum absolute atomic E-state index is 14.3. The van der Waals surface area contributed by atoms with Crippen molar-refractivity contribution in [3.8, 4) is 5.75 Å². The van der Waals surface area contributed by atoms with Crippen LogP contribution in [0.2, 0.25) is 0 Å². The molecule has 0 spiro atoms. The minimum Gasteiger partial charge on any atom is -0.480 e. The highest BCUT2D eigenvalue weighted by Gasteiger charge is 2.39. The Morgan fingerprint density at radius 2 is 1.77 bits per heavy atom. The van der Waals surface area contributed by atoms with Crippen LogP contribution < -0.4 is 9.64 Å². The maximum atomic E-state index is 14.3. The number of anilines is 1. The first kappa shape index (κ1) is 21.5. The van der Waals surface area contributed by atoms with Crippen molar-refractivity contribution < 1.29 is 37.0 Å². The molecule has 1 rings (SSSR count). The summed E-state index contributed by atoms with van der Waals surface area (Å²) in [5, 5.41) is 9.09. The van der Waals surface area contributed by atoms with Gasteiger partial charge < -0.3 is 14.7 Å². The van der Waals surface area contributed by atoms with E-state index >= 15 is 0 Å². The summed E-state index contributed by atoms with van der Waals surface area (Å²) in [5.74, 6) is -3.41. The zero-order chi connectivity index (χ0) is 20.2. The molecule has 1 N–H and O–H groups in total. The lowest BCUT2D eigenvalue weighted by Gasteiger charge is -2.27. The van der Waals surface area contributed by atoms with E-state index in [2.05, 4.69) is 4.74 Å². The van der Waals surface area contributed by atoms with Crippen LogP contribution in [-0.2, 0) is 0 Å². The molecule has 0 aromatic heterocycles. The van der Waals surface area contributed by atoms with E-state index < -0.39 is 47.1 Å². The van der Waals surface area contributed by atoms with Crippen molar-refractivity contribution in [2.75, 3.05) is 25.0 Å². The fourth-order valence-electron chi connectivity index (χ4n) is 2.13. The Bertz CT molecular complexity index is 675. The SMILES string of the molecule is CCN(CC)C(=O)N(C)c1cc(O[C@@H](C)C(F)(F)F)c(C(=O)O)cc1F. The Hall–Kier alpha value is -2.52. The Balaban J connectivity index is 3.36. The normalized spacial score (nSPS) is 12.5. The van der Waals surface area contributed by atoms with Crippen LogP contribution in [0.15, 0.2) is 12.1 Å². The molecular weight excluding hydrogens is 360 g/mol. The highest BCUT2D eigenvalue weighted by molar-refractivity contribution is 5.95. The van der Waals surface area contributed by atoms with Crippen molar-refractivity contribution in [3.63, 3.8) is 0 Å². The number of carbonyl (C=O) groups excluding carboxylic acids is 1. The van der Waals surface area contributed by atoms with E-state index in [1.165, 1.54) is 11.9 Å². The Morgan fingerprint density at radius 3 is 2.19 bits per heavy atom. The van der Waals surface area contributed by atoms with Crippen LogP contribution in [0.5, 0.6) is 5.75 Å². The first-order chi connectivity index (χ1) is 11.9. The van der Waals surface area contributed by atoms with Gasteiger partial charge in [0.25, 0.3) is 0 Å². The van der Waals surface area contributed by atoms with Gasteiger partial charge in [-0.3, -0.25) is 4.90 Å². The molecule has 0 bridgehead atoms. The molecule has 0 fully saturated rings. The molecule has 0 unspecified atom stereocenters. The summed E-state index contributed by atoms with van der Waals surface area (Å²) in [6.45, 7) is 4.78. The van der Waals surface area contributed by atoms with E-state index in [4.69, 9.17) is 5.11 Å². The topological polar surface area (TPSA) is 70.1 Å². The predicted molar refractivity (Wildman–Crippen MR) is 86.2 cm³/mol. The van der Waals surface area contributed by atoms with Crippen LogP contribution in [-0.4, -0.2) is 54.4 Å². The molecule has 0 radical (unpaired) electrons. The van der Waals surface area contributed by atoms with Gasteiger partial charge in [0.15, 0.2) is 6.10 Å². The number of rotatable bonds is 6. The summed E-state index contributed by atoms with van der Waals surface area (Å²) in [6.07, 6.45) is -7.06. The number of urea groups is 1. The quantitative estimate of drug-likeness (QED) is 0.763. The Kier molecular flexibility index (Phi) is 6.82. The monoisotopic (exact) mass is 380 g/mol. The van der Waals surface area contributed by atoms with Gasteiger partial charge in [0.05, 0.1) is 5.69 Å². The molecule has 6 nitrogen and oxygen atoms in total. The summed E-state index contributed by atoms with van der Waals surface area (Å²) in [6, 6.07) is 0.719. The molecule has 10 heteroatoms. The van der Waals surface area contributed by atoms with Crippen molar-refractivity contribution in [1.29, 1.82) is 0 Å². The van der Waals surface area contributed by atoms with Gasteiger partial charge in [0.2, 0.25) is 0 Å². The first-order valence-electron chi connectivity index (χ1n) is 7.76. The Morgan fingerprint density at radius 1 is 1.23 bits per heavy atom. The van der Waals surface area contributed by atoms with Gasteiger partial charge >= 0.3 is 18.2 Å². The third-order valence-electron chi connectivity index (χ3n) is 3.73. The predicted octanol–water partition coefficient (Wildman–Crippen LogP) is 3.75. The molecule has 0 aliphatic rings. The van der Waals surface area contributed by atoms with Crippen LogP contribution >= 0.6 is 0 Å². The third kappa shape index (κ3) is 4.77. The number of hydrogen-bond donors (Lipinski definition) is 1. The van der Waals surface area contributed by atoms with Gasteiger partial charge in [-0.2, -0.15) is 13.2 Å². The minimum atomic E-state index is -4.74. The van der Waals surface area contributed by atoms with E-state index in [0.717, 1.165) is 11.0 Å². The van der Waals surface area contributed by atoms with Crippen molar-refractivity contribution in [2.45, 2.75) is 33.1 Å². The van der Waals surface area contributed by atoms with Crippen LogP contribution in [0.25, 0.3) is 0 Å². The zero-order valence-corrected chi connectivity index (χ0v) is 14.7. The maximum Gasteiger partial charge on any atom is 0.425 e. The largest absolute Gasteiger partial charge is 0.480 e. The fraction of sp³-hybridized carbons (Fsp3) is 0.500. The number of carboxylic acids is 1. The number of aromatic carboxylic acids is 1. The van der Waals surface area contributed by atoms with Crippen LogP contribution in [0.3, 0.4) is 0 Å². The number of alkyl halides is 3. The highest BCUT2D eigenvalue weighted by atomic mass is 19.4. The molecule has 0 saturated carbocycles. The number of carboxylic acid groups (broad SMARTS) is 1. The first-order valence-corrected chi connectivity index (χ1v) is 7.76. The lowest BCUT2D eigenvalue weighted by Crippen LogP contribution is -2.41. The molecule has 26 heavy (non-hydrogen) atoms. The second kappa shape index (κ2) is 8.24. The van der Waals surface area contributed by atoms with Crippen molar-refractivity contribution >= 4 is 17.7 Å². The summed E-state index contributed by atoms with van der Waals surface area (Å²) in [5.41, 5.74) is -1.16. The standard InChI is InChI=1S/C16H20F4N2O4/c1-5-22(6-2)15(25)21(4)12-8-13(26-9(3)16(18,19)20)10(14(23)24)7-11(12)17/h7-9H,5-6H2,1-4H3,(H,23,24)/t9-/m0/s1. The lowest BCUT2D eigenvalue weighted by molar-refractivity contribution is -0.189. The number of ether oxygens (including phenoxy) is 1. The molecule has 0 aliphatic heterocycles. The number of nitrogens with zero attached hydrogens (tertiary/aromatic N) is 2. The molecule has 0 heterocycles. The van der Waals surface area contributed by atoms with Crippen LogP contribution in [0.1, 0.15) is 31.1 Å². The summed E-state index contributed by atoms with van der Waals surface area (Å²) >= 11 is 0. The van der Waals surface area contributed by atoms with Gasteiger partial charge in [-0.25, -0.2) is 14.0 Å². The van der Waals surface area contributed by atoms with Crippen LogP contribution in [0.4, 0.5) is 28.0 Å². The molecular formula is C16H20F4N2O4. The zero-order valence-electron chi connectivity index (χ0n) is 14.7. The van der Waals surface area contributed by atoms with Gasteiger partial charge in [0, 0.05) is 26.2 Å². The van der Waals surface area contributed by atoms with Gasteiger partial charge in [-0.1, -0.05) is 0 Å². The van der Waals surface area contributed by atoms with E-state index in [-0.39, 0.29) is 0 Å². The van der Waals surface area contributed by atoms with E-state index in [0.29, 0.717) is 26.1 Å². The number of halogens is 4. The van der Waals surface area contributed by atoms with E-state index in [9.17, 15) is 27.2 Å².